The third-order valence-electron chi connectivity index (χ3n) is 3.68. The monoisotopic (exact) mass is 377 g/mol. The molecule has 2 aromatic carbocycles. The van der Waals surface area contributed by atoms with Crippen LogP contribution in [0.2, 0.25) is 5.02 Å². The van der Waals surface area contributed by atoms with E-state index >= 15 is 0 Å². The molecule has 0 aliphatic heterocycles. The van der Waals surface area contributed by atoms with Gasteiger partial charge in [-0.1, -0.05) is 37.1 Å². The Balaban J connectivity index is 1.88. The average molecular weight is 378 g/mol. The highest BCUT2D eigenvalue weighted by Gasteiger charge is 2.20. The van der Waals surface area contributed by atoms with Crippen LogP contribution in [-0.2, 0) is 11.3 Å². The highest BCUT2D eigenvalue weighted by molar-refractivity contribution is 6.30. The Labute approximate surface area is 156 Å². The van der Waals surface area contributed by atoms with Crippen molar-refractivity contribution < 1.29 is 14.0 Å². The van der Waals surface area contributed by atoms with Gasteiger partial charge >= 0.3 is 6.03 Å². The molecule has 0 spiro atoms. The molecule has 0 fully saturated rings. The number of hydrogen-bond donors (Lipinski definition) is 3. The quantitative estimate of drug-likeness (QED) is 0.680. The highest BCUT2D eigenvalue weighted by atomic mass is 35.5. The van der Waals surface area contributed by atoms with Crippen LogP contribution in [0.15, 0.2) is 48.5 Å². The molecule has 3 N–H and O–H groups in total. The van der Waals surface area contributed by atoms with Gasteiger partial charge in [-0.15, -0.1) is 0 Å². The van der Waals surface area contributed by atoms with Crippen LogP contribution in [0, 0.1) is 5.82 Å². The van der Waals surface area contributed by atoms with Crippen molar-refractivity contribution in [1.82, 2.24) is 10.6 Å². The second-order valence-electron chi connectivity index (χ2n) is 5.79. The number of halogens is 2. The van der Waals surface area contributed by atoms with Gasteiger partial charge in [-0.25, -0.2) is 9.18 Å². The second-order valence-corrected chi connectivity index (χ2v) is 6.23. The predicted octanol–water partition coefficient (Wildman–Crippen LogP) is 4.09. The van der Waals surface area contributed by atoms with E-state index in [2.05, 4.69) is 16.0 Å². The molecule has 7 heteroatoms. The van der Waals surface area contributed by atoms with E-state index < -0.39 is 12.1 Å². The minimum absolute atomic E-state index is 0.240. The van der Waals surface area contributed by atoms with Crippen molar-refractivity contribution in [3.05, 3.63) is 64.9 Å². The van der Waals surface area contributed by atoms with Gasteiger partial charge in [0.25, 0.3) is 0 Å². The van der Waals surface area contributed by atoms with Gasteiger partial charge in [0.1, 0.15) is 11.9 Å². The molecular formula is C19H21ClFN3O2. The summed E-state index contributed by atoms with van der Waals surface area (Å²) in [5, 5.41) is 8.67. The zero-order valence-electron chi connectivity index (χ0n) is 14.4. The van der Waals surface area contributed by atoms with Crippen LogP contribution in [0.1, 0.15) is 25.3 Å². The Morgan fingerprint density at radius 3 is 2.35 bits per heavy atom. The Morgan fingerprint density at radius 2 is 1.73 bits per heavy atom. The Kier molecular flexibility index (Phi) is 7.41. The van der Waals surface area contributed by atoms with E-state index in [0.29, 0.717) is 17.1 Å². The maximum atomic E-state index is 12.9. The molecule has 0 heterocycles. The largest absolute Gasteiger partial charge is 0.334 e. The molecular weight excluding hydrogens is 357 g/mol. The number of nitrogens with one attached hydrogen (secondary N) is 3. The Hall–Kier alpha value is -2.60. The van der Waals surface area contributed by atoms with Crippen LogP contribution < -0.4 is 16.0 Å². The number of carbonyl (C=O) groups excluding carboxylic acids is 2. The normalized spacial score (nSPS) is 11.5. The van der Waals surface area contributed by atoms with Crippen molar-refractivity contribution in [2.45, 2.75) is 32.4 Å². The first kappa shape index (κ1) is 19.7. The Morgan fingerprint density at radius 1 is 1.08 bits per heavy atom. The predicted molar refractivity (Wildman–Crippen MR) is 101 cm³/mol. The van der Waals surface area contributed by atoms with Gasteiger partial charge < -0.3 is 16.0 Å². The smallest absolute Gasteiger partial charge is 0.315 e. The molecule has 0 aliphatic carbocycles. The van der Waals surface area contributed by atoms with Crippen molar-refractivity contribution in [2.24, 2.45) is 0 Å². The molecule has 0 aromatic heterocycles. The van der Waals surface area contributed by atoms with E-state index in [0.717, 1.165) is 12.0 Å². The van der Waals surface area contributed by atoms with Gasteiger partial charge in [0.2, 0.25) is 5.91 Å². The maximum Gasteiger partial charge on any atom is 0.315 e. The number of amides is 3. The third kappa shape index (κ3) is 6.37. The zero-order chi connectivity index (χ0) is 18.9. The summed E-state index contributed by atoms with van der Waals surface area (Å²) in [6.45, 7) is 2.17. The van der Waals surface area contributed by atoms with Crippen LogP contribution >= 0.6 is 11.6 Å². The van der Waals surface area contributed by atoms with Crippen molar-refractivity contribution >= 4 is 29.2 Å². The summed E-state index contributed by atoms with van der Waals surface area (Å²) < 4.78 is 12.9. The molecule has 2 aromatic rings. The van der Waals surface area contributed by atoms with E-state index in [-0.39, 0.29) is 18.3 Å². The number of carbonyl (C=O) groups is 2. The standard InChI is InChI=1S/C19H21ClFN3O2/c1-2-3-17(18(25)23-16-10-6-14(20)7-11-16)24-19(26)22-12-13-4-8-15(21)9-5-13/h4-11,17H,2-3,12H2,1H3,(H,23,25)(H2,22,24,26)/t17-/m0/s1. The second kappa shape index (κ2) is 9.77. The van der Waals surface area contributed by atoms with Crippen molar-refractivity contribution in [1.29, 1.82) is 0 Å². The summed E-state index contributed by atoms with van der Waals surface area (Å²) in [5.41, 5.74) is 1.37. The lowest BCUT2D eigenvalue weighted by Crippen LogP contribution is -2.47. The van der Waals surface area contributed by atoms with Crippen molar-refractivity contribution in [3.63, 3.8) is 0 Å². The lowest BCUT2D eigenvalue weighted by molar-refractivity contribution is -0.118. The van der Waals surface area contributed by atoms with Crippen molar-refractivity contribution in [2.75, 3.05) is 5.32 Å². The molecule has 0 bridgehead atoms. The van der Waals surface area contributed by atoms with E-state index in [1.165, 1.54) is 12.1 Å². The zero-order valence-corrected chi connectivity index (χ0v) is 15.1. The van der Waals surface area contributed by atoms with Crippen molar-refractivity contribution in [3.8, 4) is 0 Å². The molecule has 1 atom stereocenters. The summed E-state index contributed by atoms with van der Waals surface area (Å²) in [6.07, 6.45) is 1.24. The number of rotatable bonds is 7. The van der Waals surface area contributed by atoms with Gasteiger partial charge in [-0.2, -0.15) is 0 Å². The molecule has 5 nitrogen and oxygen atoms in total. The average Bonchev–Trinajstić information content (AvgIpc) is 2.63. The topological polar surface area (TPSA) is 70.2 Å². The van der Waals surface area contributed by atoms with Gasteiger partial charge in [-0.05, 0) is 48.4 Å². The first-order valence-corrected chi connectivity index (χ1v) is 8.71. The molecule has 138 valence electrons. The van der Waals surface area contributed by atoms with E-state index in [4.69, 9.17) is 11.6 Å². The van der Waals surface area contributed by atoms with Crippen LogP contribution in [0.25, 0.3) is 0 Å². The van der Waals surface area contributed by atoms with Gasteiger partial charge in [0, 0.05) is 17.3 Å². The number of urea groups is 1. The van der Waals surface area contributed by atoms with Crippen LogP contribution in [-0.4, -0.2) is 18.0 Å². The minimum atomic E-state index is -0.663. The summed E-state index contributed by atoms with van der Waals surface area (Å²) in [7, 11) is 0. The summed E-state index contributed by atoms with van der Waals surface area (Å²) >= 11 is 5.82. The molecule has 26 heavy (non-hydrogen) atoms. The first-order valence-electron chi connectivity index (χ1n) is 8.33. The molecule has 0 unspecified atom stereocenters. The maximum absolute atomic E-state index is 12.9. The lowest BCUT2D eigenvalue weighted by atomic mass is 10.1. The molecule has 0 saturated carbocycles. The number of anilines is 1. The molecule has 0 saturated heterocycles. The van der Waals surface area contributed by atoms with Gasteiger partial charge in [0.05, 0.1) is 0 Å². The van der Waals surface area contributed by atoms with Crippen LogP contribution in [0.3, 0.4) is 0 Å². The SMILES string of the molecule is CCC[C@H](NC(=O)NCc1ccc(F)cc1)C(=O)Nc1ccc(Cl)cc1. The third-order valence-corrected chi connectivity index (χ3v) is 3.93. The minimum Gasteiger partial charge on any atom is -0.334 e. The van der Waals surface area contributed by atoms with Gasteiger partial charge in [0.15, 0.2) is 0 Å². The summed E-state index contributed by atoms with van der Waals surface area (Å²) in [4.78, 5) is 24.5. The lowest BCUT2D eigenvalue weighted by Gasteiger charge is -2.18. The summed E-state index contributed by atoms with van der Waals surface area (Å²) in [6, 6.07) is 11.4. The number of benzene rings is 2. The van der Waals surface area contributed by atoms with Crippen LogP contribution in [0.5, 0.6) is 0 Å². The van der Waals surface area contributed by atoms with E-state index in [9.17, 15) is 14.0 Å². The molecule has 0 radical (unpaired) electrons. The van der Waals surface area contributed by atoms with Gasteiger partial charge in [-0.3, -0.25) is 4.79 Å². The number of hydrogen-bond acceptors (Lipinski definition) is 2. The fourth-order valence-electron chi connectivity index (χ4n) is 2.31. The van der Waals surface area contributed by atoms with E-state index in [1.54, 1.807) is 36.4 Å². The fourth-order valence-corrected chi connectivity index (χ4v) is 2.44. The first-order chi connectivity index (χ1) is 12.5. The van der Waals surface area contributed by atoms with E-state index in [1.807, 2.05) is 6.92 Å². The fraction of sp³-hybridized carbons (Fsp3) is 0.263. The Bertz CT molecular complexity index is 735. The van der Waals surface area contributed by atoms with Crippen LogP contribution in [0.4, 0.5) is 14.9 Å². The molecule has 3 amide bonds. The highest BCUT2D eigenvalue weighted by Crippen LogP contribution is 2.14. The molecule has 2 rings (SSSR count). The molecule has 0 aliphatic rings. The summed E-state index contributed by atoms with van der Waals surface area (Å²) in [5.74, 6) is -0.633.